The van der Waals surface area contributed by atoms with E-state index in [0.29, 0.717) is 0 Å². The van der Waals surface area contributed by atoms with Gasteiger partial charge in [0.25, 0.3) is 5.91 Å². The molecule has 1 saturated heterocycles. The molecule has 0 saturated carbocycles. The number of amides is 1. The Morgan fingerprint density at radius 1 is 1.04 bits per heavy atom. The summed E-state index contributed by atoms with van der Waals surface area (Å²) in [7, 11) is 1.66. The van der Waals surface area contributed by atoms with Gasteiger partial charge in [-0.2, -0.15) is 0 Å². The molecule has 4 heteroatoms. The molecule has 23 heavy (non-hydrogen) atoms. The average molecular weight is 312 g/mol. The topological polar surface area (TPSA) is 34.5 Å². The molecule has 1 amide bonds. The van der Waals surface area contributed by atoms with E-state index in [0.717, 1.165) is 54.3 Å². The van der Waals surface area contributed by atoms with Gasteiger partial charge in [-0.3, -0.25) is 4.79 Å². The zero-order valence-electron chi connectivity index (χ0n) is 14.1. The Morgan fingerprint density at radius 3 is 2.30 bits per heavy atom. The second-order valence-corrected chi connectivity index (χ2v) is 6.17. The molecule has 2 heterocycles. The van der Waals surface area contributed by atoms with Crippen molar-refractivity contribution in [2.45, 2.75) is 33.1 Å². The monoisotopic (exact) mass is 312 g/mol. The number of benzene rings is 1. The number of rotatable bonds is 3. The molecule has 0 N–H and O–H groups in total. The van der Waals surface area contributed by atoms with E-state index < -0.39 is 0 Å². The Morgan fingerprint density at radius 2 is 1.70 bits per heavy atom. The lowest BCUT2D eigenvalue weighted by atomic mass is 10.1. The van der Waals surface area contributed by atoms with Crippen LogP contribution in [0.1, 0.15) is 41.0 Å². The van der Waals surface area contributed by atoms with Crippen LogP contribution >= 0.6 is 0 Å². The Bertz CT molecular complexity index is 695. The summed E-state index contributed by atoms with van der Waals surface area (Å²) in [5.41, 5.74) is 3.95. The first-order valence-electron chi connectivity index (χ1n) is 8.24. The summed E-state index contributed by atoms with van der Waals surface area (Å²) in [5.74, 6) is 0.999. The van der Waals surface area contributed by atoms with E-state index in [1.807, 2.05) is 49.1 Å². The first-order valence-corrected chi connectivity index (χ1v) is 8.24. The molecule has 1 aliphatic heterocycles. The van der Waals surface area contributed by atoms with Crippen LogP contribution in [0, 0.1) is 13.8 Å². The minimum absolute atomic E-state index is 0.164. The van der Waals surface area contributed by atoms with Crippen molar-refractivity contribution in [1.82, 2.24) is 9.47 Å². The van der Waals surface area contributed by atoms with E-state index in [9.17, 15) is 4.79 Å². The predicted octanol–water partition coefficient (Wildman–Crippen LogP) is 3.73. The molecule has 122 valence electrons. The highest BCUT2D eigenvalue weighted by Gasteiger charge is 2.23. The molecule has 4 nitrogen and oxygen atoms in total. The van der Waals surface area contributed by atoms with Gasteiger partial charge in [-0.1, -0.05) is 0 Å². The largest absolute Gasteiger partial charge is 0.497 e. The third kappa shape index (κ3) is 2.98. The standard InChI is InChI=1S/C19H24N2O2/c1-14-13-18(19(22)20-11-5-4-6-12-20)15(2)21(14)16-7-9-17(23-3)10-8-16/h7-10,13H,4-6,11-12H2,1-3H3. The molecule has 0 spiro atoms. The van der Waals surface area contributed by atoms with Crippen LogP contribution in [0.2, 0.25) is 0 Å². The van der Waals surface area contributed by atoms with Crippen molar-refractivity contribution in [3.8, 4) is 11.4 Å². The lowest BCUT2D eigenvalue weighted by Gasteiger charge is -2.26. The van der Waals surface area contributed by atoms with Crippen LogP contribution in [0.5, 0.6) is 5.75 Å². The van der Waals surface area contributed by atoms with Gasteiger partial charge in [0.2, 0.25) is 0 Å². The van der Waals surface area contributed by atoms with Crippen molar-refractivity contribution in [2.75, 3.05) is 20.2 Å². The highest BCUT2D eigenvalue weighted by molar-refractivity contribution is 5.96. The summed E-state index contributed by atoms with van der Waals surface area (Å²) in [6.45, 7) is 5.83. The van der Waals surface area contributed by atoms with Crippen molar-refractivity contribution < 1.29 is 9.53 Å². The molecular formula is C19H24N2O2. The number of aryl methyl sites for hydroxylation is 1. The molecule has 2 aromatic rings. The molecule has 1 aromatic heterocycles. The second-order valence-electron chi connectivity index (χ2n) is 6.17. The van der Waals surface area contributed by atoms with Crippen LogP contribution in [-0.2, 0) is 0 Å². The average Bonchev–Trinajstić information content (AvgIpc) is 2.89. The molecule has 0 aliphatic carbocycles. The Balaban J connectivity index is 1.93. The molecule has 3 rings (SSSR count). The van der Waals surface area contributed by atoms with Crippen LogP contribution in [0.15, 0.2) is 30.3 Å². The normalized spacial score (nSPS) is 14.8. The van der Waals surface area contributed by atoms with Crippen LogP contribution in [-0.4, -0.2) is 35.6 Å². The number of likely N-dealkylation sites (tertiary alicyclic amines) is 1. The predicted molar refractivity (Wildman–Crippen MR) is 91.5 cm³/mol. The van der Waals surface area contributed by atoms with E-state index in [4.69, 9.17) is 4.74 Å². The van der Waals surface area contributed by atoms with Gasteiger partial charge in [0.15, 0.2) is 0 Å². The number of piperidine rings is 1. The maximum absolute atomic E-state index is 12.8. The molecular weight excluding hydrogens is 288 g/mol. The van der Waals surface area contributed by atoms with Crippen LogP contribution < -0.4 is 4.74 Å². The van der Waals surface area contributed by atoms with Crippen LogP contribution in [0.3, 0.4) is 0 Å². The highest BCUT2D eigenvalue weighted by atomic mass is 16.5. The number of carbonyl (C=O) groups is 1. The Hall–Kier alpha value is -2.23. The van der Waals surface area contributed by atoms with Crippen molar-refractivity contribution in [2.24, 2.45) is 0 Å². The summed E-state index contributed by atoms with van der Waals surface area (Å²) >= 11 is 0. The van der Waals surface area contributed by atoms with Crippen molar-refractivity contribution in [3.05, 3.63) is 47.3 Å². The lowest BCUT2D eigenvalue weighted by molar-refractivity contribution is 0.0723. The molecule has 1 aliphatic rings. The quantitative estimate of drug-likeness (QED) is 0.865. The lowest BCUT2D eigenvalue weighted by Crippen LogP contribution is -2.35. The smallest absolute Gasteiger partial charge is 0.255 e. The fraction of sp³-hybridized carbons (Fsp3) is 0.421. The zero-order valence-corrected chi connectivity index (χ0v) is 14.1. The third-order valence-electron chi connectivity index (χ3n) is 4.64. The van der Waals surface area contributed by atoms with Crippen LogP contribution in [0.4, 0.5) is 0 Å². The maximum Gasteiger partial charge on any atom is 0.255 e. The number of methoxy groups -OCH3 is 1. The summed E-state index contributed by atoms with van der Waals surface area (Å²) < 4.78 is 7.35. The zero-order chi connectivity index (χ0) is 16.4. The first kappa shape index (κ1) is 15.7. The first-order chi connectivity index (χ1) is 11.1. The summed E-state index contributed by atoms with van der Waals surface area (Å²) in [6, 6.07) is 9.94. The van der Waals surface area contributed by atoms with E-state index in [1.54, 1.807) is 7.11 Å². The van der Waals surface area contributed by atoms with E-state index in [-0.39, 0.29) is 5.91 Å². The van der Waals surface area contributed by atoms with Crippen molar-refractivity contribution in [1.29, 1.82) is 0 Å². The molecule has 0 bridgehead atoms. The SMILES string of the molecule is COc1ccc(-n2c(C)cc(C(=O)N3CCCCC3)c2C)cc1. The number of aromatic nitrogens is 1. The van der Waals surface area contributed by atoms with E-state index in [1.165, 1.54) is 6.42 Å². The minimum atomic E-state index is 0.164. The molecule has 0 atom stereocenters. The Kier molecular flexibility index (Phi) is 4.42. The van der Waals surface area contributed by atoms with Crippen molar-refractivity contribution in [3.63, 3.8) is 0 Å². The minimum Gasteiger partial charge on any atom is -0.497 e. The van der Waals surface area contributed by atoms with Gasteiger partial charge >= 0.3 is 0 Å². The molecule has 1 aromatic carbocycles. The van der Waals surface area contributed by atoms with Gasteiger partial charge in [-0.05, 0) is 63.4 Å². The van der Waals surface area contributed by atoms with Gasteiger partial charge in [-0.15, -0.1) is 0 Å². The Labute approximate surface area is 137 Å². The second kappa shape index (κ2) is 6.49. The third-order valence-corrected chi connectivity index (χ3v) is 4.64. The fourth-order valence-electron chi connectivity index (χ4n) is 3.38. The number of nitrogens with zero attached hydrogens (tertiary/aromatic N) is 2. The maximum atomic E-state index is 12.8. The molecule has 0 unspecified atom stereocenters. The van der Waals surface area contributed by atoms with Gasteiger partial charge < -0.3 is 14.2 Å². The van der Waals surface area contributed by atoms with Gasteiger partial charge in [0, 0.05) is 30.2 Å². The number of hydrogen-bond donors (Lipinski definition) is 0. The number of carbonyl (C=O) groups excluding carboxylic acids is 1. The highest BCUT2D eigenvalue weighted by Crippen LogP contribution is 2.24. The van der Waals surface area contributed by atoms with Gasteiger partial charge in [0.05, 0.1) is 12.7 Å². The van der Waals surface area contributed by atoms with Gasteiger partial charge in [-0.25, -0.2) is 0 Å². The van der Waals surface area contributed by atoms with Gasteiger partial charge in [0.1, 0.15) is 5.75 Å². The van der Waals surface area contributed by atoms with E-state index in [2.05, 4.69) is 4.57 Å². The number of ether oxygens (including phenoxy) is 1. The van der Waals surface area contributed by atoms with E-state index >= 15 is 0 Å². The van der Waals surface area contributed by atoms with Crippen LogP contribution in [0.25, 0.3) is 5.69 Å². The number of hydrogen-bond acceptors (Lipinski definition) is 2. The summed E-state index contributed by atoms with van der Waals surface area (Å²) in [5, 5.41) is 0. The summed E-state index contributed by atoms with van der Waals surface area (Å²) in [4.78, 5) is 14.8. The fourth-order valence-corrected chi connectivity index (χ4v) is 3.38. The molecule has 1 fully saturated rings. The molecule has 0 radical (unpaired) electrons. The summed E-state index contributed by atoms with van der Waals surface area (Å²) in [6.07, 6.45) is 3.46. The van der Waals surface area contributed by atoms with Crippen molar-refractivity contribution >= 4 is 5.91 Å².